The molecule has 0 aliphatic carbocycles. The molecular weight excluding hydrogens is 251 g/mol. The molecule has 2 aliphatic heterocycles. The van der Waals surface area contributed by atoms with Gasteiger partial charge in [0.05, 0.1) is 29.6 Å². The first kappa shape index (κ1) is 12.1. The number of fused-ring (bicyclic) bond motifs is 1. The summed E-state index contributed by atoms with van der Waals surface area (Å²) in [4.78, 5) is 24.5. The fraction of sp³-hybridized carbons (Fsp3) is 0.385. The zero-order valence-electron chi connectivity index (χ0n) is 10.1. The lowest BCUT2D eigenvalue weighted by Gasteiger charge is -2.26. The number of amides is 1. The molecule has 0 spiro atoms. The van der Waals surface area contributed by atoms with E-state index in [1.165, 1.54) is 6.07 Å². The van der Waals surface area contributed by atoms with E-state index in [9.17, 15) is 19.1 Å². The van der Waals surface area contributed by atoms with Crippen molar-refractivity contribution in [3.8, 4) is 0 Å². The van der Waals surface area contributed by atoms with E-state index in [1.807, 2.05) is 0 Å². The Morgan fingerprint density at radius 1 is 1.42 bits per heavy atom. The van der Waals surface area contributed by atoms with Crippen molar-refractivity contribution < 1.29 is 19.1 Å². The van der Waals surface area contributed by atoms with Crippen molar-refractivity contribution in [3.63, 3.8) is 0 Å². The van der Waals surface area contributed by atoms with Gasteiger partial charge >= 0.3 is 0 Å². The zero-order chi connectivity index (χ0) is 13.6. The third-order valence-corrected chi connectivity index (χ3v) is 3.68. The molecule has 1 amide bonds. The maximum atomic E-state index is 14.1. The normalized spacial score (nSPS) is 21.8. The highest BCUT2D eigenvalue weighted by atomic mass is 19.1. The van der Waals surface area contributed by atoms with E-state index in [-0.39, 0.29) is 18.2 Å². The highest BCUT2D eigenvalue weighted by Gasteiger charge is 2.32. The molecule has 0 radical (unpaired) electrons. The third-order valence-electron chi connectivity index (χ3n) is 3.68. The van der Waals surface area contributed by atoms with Gasteiger partial charge < -0.3 is 15.3 Å². The van der Waals surface area contributed by atoms with Gasteiger partial charge in [-0.05, 0) is 25.0 Å². The second-order valence-corrected chi connectivity index (χ2v) is 4.80. The topological polar surface area (TPSA) is 69.6 Å². The van der Waals surface area contributed by atoms with Crippen molar-refractivity contribution in [1.29, 1.82) is 0 Å². The molecule has 19 heavy (non-hydrogen) atoms. The van der Waals surface area contributed by atoms with Gasteiger partial charge in [0.25, 0.3) is 11.7 Å². The molecule has 1 aromatic rings. The Bertz CT molecular complexity index is 573. The van der Waals surface area contributed by atoms with E-state index >= 15 is 0 Å². The average Bonchev–Trinajstić information content (AvgIpc) is 2.96. The largest absolute Gasteiger partial charge is 0.394 e. The molecule has 2 N–H and O–H groups in total. The van der Waals surface area contributed by atoms with Gasteiger partial charge in [-0.25, -0.2) is 4.39 Å². The van der Waals surface area contributed by atoms with Crippen molar-refractivity contribution in [2.75, 3.05) is 23.4 Å². The molecule has 0 aromatic heterocycles. The Labute approximate surface area is 109 Å². The fourth-order valence-corrected chi connectivity index (χ4v) is 2.72. The van der Waals surface area contributed by atoms with Crippen molar-refractivity contribution in [2.24, 2.45) is 0 Å². The number of ketones is 1. The number of anilines is 2. The van der Waals surface area contributed by atoms with Gasteiger partial charge in [0.15, 0.2) is 0 Å². The van der Waals surface area contributed by atoms with Crippen LogP contribution in [0.1, 0.15) is 23.2 Å². The van der Waals surface area contributed by atoms with Crippen molar-refractivity contribution in [2.45, 2.75) is 18.9 Å². The number of Topliss-reactive ketones (excluding diaryl/α,β-unsaturated/α-hetero) is 1. The van der Waals surface area contributed by atoms with Crippen LogP contribution in [0.4, 0.5) is 15.8 Å². The van der Waals surface area contributed by atoms with Crippen LogP contribution < -0.4 is 10.2 Å². The molecule has 1 unspecified atom stereocenters. The van der Waals surface area contributed by atoms with Gasteiger partial charge in [-0.15, -0.1) is 0 Å². The second kappa shape index (κ2) is 4.31. The maximum Gasteiger partial charge on any atom is 0.296 e. The zero-order valence-corrected chi connectivity index (χ0v) is 10.1. The molecule has 5 nitrogen and oxygen atoms in total. The van der Waals surface area contributed by atoms with Crippen LogP contribution >= 0.6 is 0 Å². The van der Waals surface area contributed by atoms with E-state index in [0.29, 0.717) is 17.9 Å². The van der Waals surface area contributed by atoms with Crippen molar-refractivity contribution >= 4 is 23.1 Å². The van der Waals surface area contributed by atoms with Gasteiger partial charge in [0.1, 0.15) is 5.82 Å². The highest BCUT2D eigenvalue weighted by molar-refractivity contribution is 6.51. The standard InChI is InChI=1S/C13H13FN2O3/c14-9-4-8-10(15-13(19)12(8)18)5-11(9)16-3-1-2-7(16)6-17/h4-5,7,17H,1-3,6H2,(H,15,18,19). The summed E-state index contributed by atoms with van der Waals surface area (Å²) in [6.45, 7) is 0.616. The van der Waals surface area contributed by atoms with E-state index in [0.717, 1.165) is 18.9 Å². The predicted molar refractivity (Wildman–Crippen MR) is 66.8 cm³/mol. The molecule has 0 bridgehead atoms. The Morgan fingerprint density at radius 3 is 2.95 bits per heavy atom. The van der Waals surface area contributed by atoms with E-state index in [2.05, 4.69) is 5.32 Å². The number of carbonyl (C=O) groups is 2. The number of hydrogen-bond acceptors (Lipinski definition) is 4. The Kier molecular flexibility index (Phi) is 2.74. The van der Waals surface area contributed by atoms with Crippen molar-refractivity contribution in [1.82, 2.24) is 0 Å². The van der Waals surface area contributed by atoms with Crippen LogP contribution in [-0.2, 0) is 4.79 Å². The second-order valence-electron chi connectivity index (χ2n) is 4.80. The fourth-order valence-electron chi connectivity index (χ4n) is 2.72. The Hall–Kier alpha value is -1.95. The molecule has 100 valence electrons. The van der Waals surface area contributed by atoms with Crippen LogP contribution in [0.3, 0.4) is 0 Å². The first-order valence-electron chi connectivity index (χ1n) is 6.18. The third kappa shape index (κ3) is 1.79. The summed E-state index contributed by atoms with van der Waals surface area (Å²) < 4.78 is 14.1. The average molecular weight is 264 g/mol. The smallest absolute Gasteiger partial charge is 0.296 e. The summed E-state index contributed by atoms with van der Waals surface area (Å²) in [5.41, 5.74) is 0.742. The Morgan fingerprint density at radius 2 is 2.21 bits per heavy atom. The van der Waals surface area contributed by atoms with Crippen LogP contribution in [0.5, 0.6) is 0 Å². The molecule has 6 heteroatoms. The van der Waals surface area contributed by atoms with Crippen LogP contribution in [0.15, 0.2) is 12.1 Å². The summed E-state index contributed by atoms with van der Waals surface area (Å²) in [6, 6.07) is 2.46. The molecule has 1 fully saturated rings. The van der Waals surface area contributed by atoms with Crippen LogP contribution in [0, 0.1) is 5.82 Å². The molecule has 2 heterocycles. The van der Waals surface area contributed by atoms with Gasteiger partial charge in [-0.1, -0.05) is 0 Å². The number of nitrogens with one attached hydrogen (secondary N) is 1. The minimum atomic E-state index is -0.730. The number of benzene rings is 1. The Balaban J connectivity index is 2.03. The molecular formula is C13H13FN2O3. The van der Waals surface area contributed by atoms with Crippen LogP contribution in [0.25, 0.3) is 0 Å². The number of rotatable bonds is 2. The number of aliphatic hydroxyl groups is 1. The lowest BCUT2D eigenvalue weighted by atomic mass is 10.1. The minimum Gasteiger partial charge on any atom is -0.394 e. The summed E-state index contributed by atoms with van der Waals surface area (Å²) >= 11 is 0. The number of carbonyl (C=O) groups excluding carboxylic acids is 2. The summed E-state index contributed by atoms with van der Waals surface area (Å²) in [7, 11) is 0. The molecule has 1 saturated heterocycles. The lowest BCUT2D eigenvalue weighted by Crippen LogP contribution is -2.32. The van der Waals surface area contributed by atoms with E-state index in [1.54, 1.807) is 4.90 Å². The molecule has 1 atom stereocenters. The number of halogens is 1. The first-order valence-corrected chi connectivity index (χ1v) is 6.18. The highest BCUT2D eigenvalue weighted by Crippen LogP contribution is 2.34. The molecule has 3 rings (SSSR count). The quantitative estimate of drug-likeness (QED) is 0.779. The number of nitrogens with zero attached hydrogens (tertiary/aromatic N) is 1. The first-order chi connectivity index (χ1) is 9.11. The van der Waals surface area contributed by atoms with Gasteiger partial charge in [0.2, 0.25) is 0 Å². The summed E-state index contributed by atoms with van der Waals surface area (Å²) in [6.07, 6.45) is 1.69. The van der Waals surface area contributed by atoms with Gasteiger partial charge in [-0.2, -0.15) is 0 Å². The summed E-state index contributed by atoms with van der Waals surface area (Å²) in [5, 5.41) is 11.7. The SMILES string of the molecule is O=C1Nc2cc(N3CCCC3CO)c(F)cc2C1=O. The van der Waals surface area contributed by atoms with Gasteiger partial charge in [-0.3, -0.25) is 9.59 Å². The van der Waals surface area contributed by atoms with Crippen LogP contribution in [-0.4, -0.2) is 36.0 Å². The monoisotopic (exact) mass is 264 g/mol. The van der Waals surface area contributed by atoms with Crippen molar-refractivity contribution in [3.05, 3.63) is 23.5 Å². The molecule has 2 aliphatic rings. The maximum absolute atomic E-state index is 14.1. The van der Waals surface area contributed by atoms with E-state index < -0.39 is 17.5 Å². The van der Waals surface area contributed by atoms with Gasteiger partial charge in [0, 0.05) is 6.54 Å². The minimum absolute atomic E-state index is 0.0399. The van der Waals surface area contributed by atoms with E-state index in [4.69, 9.17) is 0 Å². The lowest BCUT2D eigenvalue weighted by molar-refractivity contribution is -0.112. The number of aliphatic hydroxyl groups excluding tert-OH is 1. The summed E-state index contributed by atoms with van der Waals surface area (Å²) in [5.74, 6) is -1.98. The predicted octanol–water partition coefficient (Wildman–Crippen LogP) is 0.922. The molecule has 1 aromatic carbocycles. The number of hydrogen-bond donors (Lipinski definition) is 2. The molecule has 0 saturated carbocycles. The van der Waals surface area contributed by atoms with Crippen LogP contribution in [0.2, 0.25) is 0 Å².